The fourth-order valence-electron chi connectivity index (χ4n) is 3.49. The van der Waals surface area contributed by atoms with Crippen LogP contribution in [0.15, 0.2) is 64.9 Å². The molecule has 0 saturated heterocycles. The molecule has 3 aromatic heterocycles. The lowest BCUT2D eigenvalue weighted by Crippen LogP contribution is -2.10. The molecule has 0 radical (unpaired) electrons. The number of carbonyl (C=O) groups excluding carboxylic acids is 1. The predicted octanol–water partition coefficient (Wildman–Crippen LogP) is 5.34. The molecule has 31 heavy (non-hydrogen) atoms. The van der Waals surface area contributed by atoms with E-state index in [1.807, 2.05) is 53.9 Å². The molecule has 0 aliphatic carbocycles. The number of carbonyl (C=O) groups is 1. The van der Waals surface area contributed by atoms with E-state index in [4.69, 9.17) is 14.5 Å². The van der Waals surface area contributed by atoms with Gasteiger partial charge in [0.05, 0.1) is 17.7 Å². The molecular weight excluding hydrogens is 414 g/mol. The number of rotatable bonds is 4. The molecule has 2 N–H and O–H groups in total. The van der Waals surface area contributed by atoms with Crippen LogP contribution < -0.4 is 10.3 Å². The summed E-state index contributed by atoms with van der Waals surface area (Å²) in [5.41, 5.74) is 3.44. The van der Waals surface area contributed by atoms with Crippen LogP contribution in [0.5, 0.6) is 5.75 Å². The molecule has 0 spiro atoms. The Labute approximate surface area is 180 Å². The van der Waals surface area contributed by atoms with Crippen LogP contribution in [0.2, 0.25) is 0 Å². The Morgan fingerprint density at radius 1 is 1.13 bits per heavy atom. The zero-order chi connectivity index (χ0) is 21.4. The lowest BCUT2D eigenvalue weighted by Gasteiger charge is -2.06. The number of nitrogens with one attached hydrogen (secondary N) is 2. The monoisotopic (exact) mass is 431 g/mol. The average Bonchev–Trinajstić information content (AvgIpc) is 3.43. The van der Waals surface area contributed by atoms with E-state index >= 15 is 0 Å². The Balaban J connectivity index is 1.64. The highest BCUT2D eigenvalue weighted by Crippen LogP contribution is 2.34. The van der Waals surface area contributed by atoms with Crippen LogP contribution in [0.25, 0.3) is 43.6 Å². The third-order valence-electron chi connectivity index (χ3n) is 4.88. The van der Waals surface area contributed by atoms with Crippen molar-refractivity contribution >= 4 is 39.3 Å². The molecule has 5 rings (SSSR count). The summed E-state index contributed by atoms with van der Waals surface area (Å²) in [7, 11) is 0. The number of ether oxygens (including phenoxy) is 2. The number of aromatic amines is 2. The summed E-state index contributed by atoms with van der Waals surface area (Å²) in [5, 5.41) is 4.18. The molecule has 0 amide bonds. The minimum Gasteiger partial charge on any atom is -0.434 e. The lowest BCUT2D eigenvalue weighted by atomic mass is 10.1. The van der Waals surface area contributed by atoms with Crippen molar-refractivity contribution in [3.63, 3.8) is 0 Å². The van der Waals surface area contributed by atoms with Crippen molar-refractivity contribution in [3.8, 4) is 27.6 Å². The number of hydrogen-bond donors (Lipinski definition) is 2. The first-order valence-corrected chi connectivity index (χ1v) is 10.5. The molecule has 8 heteroatoms. The van der Waals surface area contributed by atoms with E-state index in [9.17, 15) is 9.59 Å². The van der Waals surface area contributed by atoms with E-state index in [1.165, 1.54) is 6.20 Å². The number of hydrogen-bond acceptors (Lipinski definition) is 6. The molecule has 154 valence electrons. The Morgan fingerprint density at radius 2 is 1.97 bits per heavy atom. The van der Waals surface area contributed by atoms with Crippen molar-refractivity contribution in [1.29, 1.82) is 0 Å². The Kier molecular flexibility index (Phi) is 4.76. The highest BCUT2D eigenvalue weighted by molar-refractivity contribution is 7.13. The molecule has 0 aliphatic rings. The first-order chi connectivity index (χ1) is 15.1. The van der Waals surface area contributed by atoms with Gasteiger partial charge in [0, 0.05) is 33.6 Å². The standard InChI is InChI=1S/C23H17N3O4S/c1-2-29-23(28)30-18-11-24-20-19(18)15-10-14(8-9-16(15)25-21(20)27)17-12-31-22(26-17)13-6-4-3-5-7-13/h3-12,24H,2H2,1H3,(H,25,27). The number of aromatic nitrogens is 3. The summed E-state index contributed by atoms with van der Waals surface area (Å²) < 4.78 is 10.2. The summed E-state index contributed by atoms with van der Waals surface area (Å²) >= 11 is 1.57. The SMILES string of the molecule is CCOC(=O)Oc1c[nH]c2c(=O)[nH]c3ccc(-c4csc(-c5ccccc5)n4)cc3c12. The first-order valence-electron chi connectivity index (χ1n) is 9.67. The Morgan fingerprint density at radius 3 is 2.77 bits per heavy atom. The smallest absolute Gasteiger partial charge is 0.434 e. The van der Waals surface area contributed by atoms with Gasteiger partial charge in [-0.2, -0.15) is 0 Å². The largest absolute Gasteiger partial charge is 0.513 e. The molecule has 3 heterocycles. The van der Waals surface area contributed by atoms with E-state index in [2.05, 4.69) is 9.97 Å². The number of H-pyrrole nitrogens is 2. The maximum Gasteiger partial charge on any atom is 0.513 e. The van der Waals surface area contributed by atoms with Crippen molar-refractivity contribution in [2.45, 2.75) is 6.92 Å². The van der Waals surface area contributed by atoms with Gasteiger partial charge < -0.3 is 19.4 Å². The third kappa shape index (κ3) is 3.47. The molecule has 7 nitrogen and oxygen atoms in total. The molecule has 0 saturated carbocycles. The summed E-state index contributed by atoms with van der Waals surface area (Å²) in [5.74, 6) is 0.241. The van der Waals surface area contributed by atoms with E-state index in [0.717, 1.165) is 27.2 Å². The minimum absolute atomic E-state index is 0.195. The number of benzene rings is 2. The first kappa shape index (κ1) is 19.1. The van der Waals surface area contributed by atoms with Crippen LogP contribution in [0.4, 0.5) is 4.79 Å². The molecule has 0 unspecified atom stereocenters. The van der Waals surface area contributed by atoms with Crippen molar-refractivity contribution in [2.24, 2.45) is 0 Å². The molecule has 0 aliphatic heterocycles. The topological polar surface area (TPSA) is 97.1 Å². The van der Waals surface area contributed by atoms with Gasteiger partial charge in [-0.1, -0.05) is 36.4 Å². The van der Waals surface area contributed by atoms with Gasteiger partial charge in [0.15, 0.2) is 5.75 Å². The highest BCUT2D eigenvalue weighted by atomic mass is 32.1. The summed E-state index contributed by atoms with van der Waals surface area (Å²) in [6, 6.07) is 15.7. The van der Waals surface area contributed by atoms with Crippen LogP contribution in [-0.4, -0.2) is 27.7 Å². The van der Waals surface area contributed by atoms with Crippen LogP contribution in [0.1, 0.15) is 6.92 Å². The van der Waals surface area contributed by atoms with Crippen LogP contribution >= 0.6 is 11.3 Å². The van der Waals surface area contributed by atoms with Crippen molar-refractivity contribution in [1.82, 2.24) is 15.0 Å². The second-order valence-electron chi connectivity index (χ2n) is 6.81. The number of pyridine rings is 1. The van der Waals surface area contributed by atoms with Crippen LogP contribution in [-0.2, 0) is 4.74 Å². The highest BCUT2D eigenvalue weighted by Gasteiger charge is 2.17. The second kappa shape index (κ2) is 7.73. The van der Waals surface area contributed by atoms with Crippen molar-refractivity contribution < 1.29 is 14.3 Å². The third-order valence-corrected chi connectivity index (χ3v) is 5.78. The fraction of sp³-hybridized carbons (Fsp3) is 0.0870. The second-order valence-corrected chi connectivity index (χ2v) is 7.66. The van der Waals surface area contributed by atoms with E-state index < -0.39 is 6.16 Å². The normalized spacial score (nSPS) is 11.1. The maximum absolute atomic E-state index is 12.5. The molecule has 5 aromatic rings. The van der Waals surface area contributed by atoms with Gasteiger partial charge in [-0.25, -0.2) is 9.78 Å². The number of thiazole rings is 1. The van der Waals surface area contributed by atoms with Gasteiger partial charge in [-0.05, 0) is 19.1 Å². The van der Waals surface area contributed by atoms with Crippen LogP contribution in [0, 0.1) is 0 Å². The van der Waals surface area contributed by atoms with Gasteiger partial charge in [0.2, 0.25) is 0 Å². The van der Waals surface area contributed by atoms with Gasteiger partial charge in [-0.3, -0.25) is 4.79 Å². The zero-order valence-corrected chi connectivity index (χ0v) is 17.3. The number of nitrogens with zero attached hydrogens (tertiary/aromatic N) is 1. The molecule has 0 atom stereocenters. The summed E-state index contributed by atoms with van der Waals surface area (Å²) in [6.45, 7) is 1.89. The maximum atomic E-state index is 12.5. The van der Waals surface area contributed by atoms with Crippen molar-refractivity contribution in [3.05, 3.63) is 70.5 Å². The van der Waals surface area contributed by atoms with E-state index in [1.54, 1.807) is 18.3 Å². The summed E-state index contributed by atoms with van der Waals surface area (Å²) in [4.78, 5) is 34.8. The Hall–Kier alpha value is -3.91. The van der Waals surface area contributed by atoms with Gasteiger partial charge >= 0.3 is 6.16 Å². The molecule has 0 fully saturated rings. The quantitative estimate of drug-likeness (QED) is 0.375. The molecular formula is C23H17N3O4S. The summed E-state index contributed by atoms with van der Waals surface area (Å²) in [6.07, 6.45) is 0.666. The lowest BCUT2D eigenvalue weighted by molar-refractivity contribution is 0.105. The van der Waals surface area contributed by atoms with E-state index in [-0.39, 0.29) is 17.9 Å². The average molecular weight is 431 g/mol. The molecule has 2 aromatic carbocycles. The fourth-order valence-corrected chi connectivity index (χ4v) is 4.33. The van der Waals surface area contributed by atoms with Gasteiger partial charge in [0.1, 0.15) is 10.5 Å². The van der Waals surface area contributed by atoms with E-state index in [0.29, 0.717) is 16.4 Å². The zero-order valence-electron chi connectivity index (χ0n) is 16.5. The minimum atomic E-state index is -0.819. The Bertz CT molecular complexity index is 1470. The van der Waals surface area contributed by atoms with Gasteiger partial charge in [0.25, 0.3) is 5.56 Å². The van der Waals surface area contributed by atoms with Crippen LogP contribution in [0.3, 0.4) is 0 Å². The number of fused-ring (bicyclic) bond motifs is 3. The predicted molar refractivity (Wildman–Crippen MR) is 121 cm³/mol. The molecule has 0 bridgehead atoms. The van der Waals surface area contributed by atoms with Crippen molar-refractivity contribution in [2.75, 3.05) is 6.61 Å². The van der Waals surface area contributed by atoms with Gasteiger partial charge in [-0.15, -0.1) is 11.3 Å².